The van der Waals surface area contributed by atoms with E-state index in [1.807, 2.05) is 4.90 Å². The third kappa shape index (κ3) is 2.73. The average Bonchev–Trinajstić information content (AvgIpc) is 2.39. The van der Waals surface area contributed by atoms with Gasteiger partial charge in [0.1, 0.15) is 0 Å². The topological polar surface area (TPSA) is 32.3 Å². The van der Waals surface area contributed by atoms with Gasteiger partial charge in [0, 0.05) is 19.0 Å². The van der Waals surface area contributed by atoms with Crippen LogP contribution in [0.15, 0.2) is 0 Å². The number of nitrogens with zero attached hydrogens (tertiary/aromatic N) is 1. The Morgan fingerprint density at radius 3 is 2.88 bits per heavy atom. The molecule has 0 aliphatic carbocycles. The van der Waals surface area contributed by atoms with Gasteiger partial charge in [0.05, 0.1) is 12.7 Å². The molecule has 0 saturated carbocycles. The summed E-state index contributed by atoms with van der Waals surface area (Å²) in [5, 5.41) is 3.26. The van der Waals surface area contributed by atoms with Crippen molar-refractivity contribution in [3.63, 3.8) is 0 Å². The summed E-state index contributed by atoms with van der Waals surface area (Å²) in [6, 6.07) is -0.00730. The van der Waals surface area contributed by atoms with Gasteiger partial charge in [-0.15, -0.1) is 0 Å². The van der Waals surface area contributed by atoms with E-state index in [0.29, 0.717) is 6.54 Å². The van der Waals surface area contributed by atoms with Gasteiger partial charge in [0.15, 0.2) is 0 Å². The molecule has 1 amide bonds. The molecule has 2 saturated heterocycles. The Morgan fingerprint density at radius 2 is 2.19 bits per heavy atom. The van der Waals surface area contributed by atoms with Gasteiger partial charge in [-0.2, -0.15) is 0 Å². The van der Waals surface area contributed by atoms with Crippen molar-refractivity contribution in [2.45, 2.75) is 38.1 Å². The highest BCUT2D eigenvalue weighted by Crippen LogP contribution is 2.19. The third-order valence-electron chi connectivity index (χ3n) is 3.66. The smallest absolute Gasteiger partial charge is 0.239 e. The summed E-state index contributed by atoms with van der Waals surface area (Å²) in [6.07, 6.45) is 5.11. The zero-order chi connectivity index (χ0) is 11.4. The Kier molecular flexibility index (Phi) is 4.16. The van der Waals surface area contributed by atoms with Crippen LogP contribution in [0.25, 0.3) is 0 Å². The second-order valence-corrected chi connectivity index (χ2v) is 4.95. The summed E-state index contributed by atoms with van der Waals surface area (Å²) >= 11 is 0. The molecule has 2 atom stereocenters. The molecule has 1 N–H and O–H groups in total. The Morgan fingerprint density at radius 1 is 1.31 bits per heavy atom. The SMILES string of the molecule is O=C([C@H]1CCCCN1)N1CCC[C@@H](CF)C1. The Labute approximate surface area is 96.4 Å². The number of halogens is 1. The summed E-state index contributed by atoms with van der Waals surface area (Å²) in [4.78, 5) is 14.0. The average molecular weight is 228 g/mol. The standard InChI is InChI=1S/C12H21FN2O/c13-8-10-4-3-7-15(9-10)12(16)11-5-1-2-6-14-11/h10-11,14H,1-9H2/t10-,11+/m0/s1. The lowest BCUT2D eigenvalue weighted by atomic mass is 9.97. The van der Waals surface area contributed by atoms with Crippen LogP contribution < -0.4 is 5.32 Å². The molecule has 16 heavy (non-hydrogen) atoms. The van der Waals surface area contributed by atoms with Crippen LogP contribution in [0.3, 0.4) is 0 Å². The molecular weight excluding hydrogens is 207 g/mol. The highest BCUT2D eigenvalue weighted by Gasteiger charge is 2.29. The minimum absolute atomic E-state index is 0.00730. The monoisotopic (exact) mass is 228 g/mol. The van der Waals surface area contributed by atoms with E-state index in [1.54, 1.807) is 0 Å². The van der Waals surface area contributed by atoms with E-state index in [4.69, 9.17) is 0 Å². The summed E-state index contributed by atoms with van der Waals surface area (Å²) in [6.45, 7) is 2.08. The lowest BCUT2D eigenvalue weighted by Crippen LogP contribution is -2.51. The fraction of sp³-hybridized carbons (Fsp3) is 0.917. The predicted octanol–water partition coefficient (Wildman–Crippen LogP) is 1.34. The molecule has 2 aliphatic heterocycles. The van der Waals surface area contributed by atoms with E-state index in [-0.39, 0.29) is 24.5 Å². The molecule has 4 heteroatoms. The first kappa shape index (κ1) is 11.8. The number of carbonyl (C=O) groups excluding carboxylic acids is 1. The predicted molar refractivity (Wildman–Crippen MR) is 60.9 cm³/mol. The molecule has 0 radical (unpaired) electrons. The normalized spacial score (nSPS) is 31.4. The molecule has 2 heterocycles. The molecule has 0 aromatic rings. The van der Waals surface area contributed by atoms with Crippen molar-refractivity contribution in [2.75, 3.05) is 26.3 Å². The molecule has 3 nitrogen and oxygen atoms in total. The lowest BCUT2D eigenvalue weighted by molar-refractivity contribution is -0.136. The summed E-state index contributed by atoms with van der Waals surface area (Å²) in [5.41, 5.74) is 0. The van der Waals surface area contributed by atoms with Crippen LogP contribution in [0.4, 0.5) is 4.39 Å². The van der Waals surface area contributed by atoms with Crippen molar-refractivity contribution in [3.8, 4) is 0 Å². The zero-order valence-corrected chi connectivity index (χ0v) is 9.75. The van der Waals surface area contributed by atoms with E-state index in [0.717, 1.165) is 45.2 Å². The Bertz CT molecular complexity index is 241. The lowest BCUT2D eigenvalue weighted by Gasteiger charge is -2.35. The van der Waals surface area contributed by atoms with Crippen molar-refractivity contribution in [2.24, 2.45) is 5.92 Å². The summed E-state index contributed by atoms with van der Waals surface area (Å²) in [7, 11) is 0. The van der Waals surface area contributed by atoms with Gasteiger partial charge in [-0.05, 0) is 32.2 Å². The highest BCUT2D eigenvalue weighted by molar-refractivity contribution is 5.82. The first-order valence-electron chi connectivity index (χ1n) is 6.39. The molecule has 2 fully saturated rings. The van der Waals surface area contributed by atoms with Crippen LogP contribution in [0.1, 0.15) is 32.1 Å². The van der Waals surface area contributed by atoms with Crippen LogP contribution in [-0.4, -0.2) is 43.2 Å². The van der Waals surface area contributed by atoms with Gasteiger partial charge in [-0.25, -0.2) is 0 Å². The van der Waals surface area contributed by atoms with Crippen LogP contribution in [-0.2, 0) is 4.79 Å². The van der Waals surface area contributed by atoms with Gasteiger partial charge in [0.25, 0.3) is 0 Å². The maximum Gasteiger partial charge on any atom is 0.239 e. The van der Waals surface area contributed by atoms with Gasteiger partial charge in [-0.3, -0.25) is 9.18 Å². The number of hydrogen-bond acceptors (Lipinski definition) is 2. The van der Waals surface area contributed by atoms with Crippen molar-refractivity contribution in [1.29, 1.82) is 0 Å². The molecule has 0 aromatic heterocycles. The van der Waals surface area contributed by atoms with E-state index < -0.39 is 0 Å². The molecule has 0 bridgehead atoms. The number of carbonyl (C=O) groups is 1. The first-order valence-corrected chi connectivity index (χ1v) is 6.39. The number of amides is 1. The maximum absolute atomic E-state index is 12.6. The van der Waals surface area contributed by atoms with Crippen LogP contribution in [0.2, 0.25) is 0 Å². The zero-order valence-electron chi connectivity index (χ0n) is 9.75. The van der Waals surface area contributed by atoms with E-state index in [2.05, 4.69) is 5.32 Å². The minimum Gasteiger partial charge on any atom is -0.341 e. The second kappa shape index (κ2) is 5.62. The van der Waals surface area contributed by atoms with Crippen molar-refractivity contribution < 1.29 is 9.18 Å². The van der Waals surface area contributed by atoms with E-state index in [1.165, 1.54) is 0 Å². The first-order chi connectivity index (χ1) is 7.81. The number of hydrogen-bond donors (Lipinski definition) is 1. The van der Waals surface area contributed by atoms with Crippen molar-refractivity contribution >= 4 is 5.91 Å². The van der Waals surface area contributed by atoms with Crippen LogP contribution >= 0.6 is 0 Å². The Hall–Kier alpha value is -0.640. The minimum atomic E-state index is -0.290. The fourth-order valence-electron chi connectivity index (χ4n) is 2.67. The number of rotatable bonds is 2. The molecule has 92 valence electrons. The van der Waals surface area contributed by atoms with Crippen molar-refractivity contribution in [1.82, 2.24) is 10.2 Å². The maximum atomic E-state index is 12.6. The highest BCUT2D eigenvalue weighted by atomic mass is 19.1. The summed E-state index contributed by atoms with van der Waals surface area (Å²) in [5.74, 6) is 0.263. The number of likely N-dealkylation sites (tertiary alicyclic amines) is 1. The molecule has 0 aromatic carbocycles. The molecule has 2 aliphatic rings. The molecule has 2 rings (SSSR count). The number of piperidine rings is 2. The quantitative estimate of drug-likeness (QED) is 0.773. The van der Waals surface area contributed by atoms with Crippen LogP contribution in [0.5, 0.6) is 0 Å². The van der Waals surface area contributed by atoms with Gasteiger partial charge in [0.2, 0.25) is 5.91 Å². The van der Waals surface area contributed by atoms with Gasteiger partial charge < -0.3 is 10.2 Å². The fourth-order valence-corrected chi connectivity index (χ4v) is 2.67. The van der Waals surface area contributed by atoms with E-state index in [9.17, 15) is 9.18 Å². The third-order valence-corrected chi connectivity index (χ3v) is 3.66. The van der Waals surface area contributed by atoms with Gasteiger partial charge >= 0.3 is 0 Å². The molecule has 0 unspecified atom stereocenters. The van der Waals surface area contributed by atoms with Crippen molar-refractivity contribution in [3.05, 3.63) is 0 Å². The van der Waals surface area contributed by atoms with Crippen LogP contribution in [0, 0.1) is 5.92 Å². The van der Waals surface area contributed by atoms with E-state index >= 15 is 0 Å². The van der Waals surface area contributed by atoms with Gasteiger partial charge in [-0.1, -0.05) is 6.42 Å². The summed E-state index contributed by atoms with van der Waals surface area (Å²) < 4.78 is 12.6. The molecule has 0 spiro atoms. The number of alkyl halides is 1. The second-order valence-electron chi connectivity index (χ2n) is 4.95. The number of nitrogens with one attached hydrogen (secondary N) is 1. The molecular formula is C12H21FN2O. The Balaban J connectivity index is 1.87. The largest absolute Gasteiger partial charge is 0.341 e.